The molecule has 140 valence electrons. The van der Waals surface area contributed by atoms with E-state index in [2.05, 4.69) is 61.6 Å². The molecule has 0 aromatic carbocycles. The van der Waals surface area contributed by atoms with Gasteiger partial charge in [0.25, 0.3) is 0 Å². The van der Waals surface area contributed by atoms with E-state index in [1.54, 1.807) is 0 Å². The van der Waals surface area contributed by atoms with Gasteiger partial charge in [0.15, 0.2) is 16.6 Å². The fraction of sp³-hybridized carbons (Fsp3) is 1.00. The fourth-order valence-corrected chi connectivity index (χ4v) is 10.9. The minimum Gasteiger partial charge on any atom is -0.418 e. The highest BCUT2D eigenvalue weighted by molar-refractivity contribution is 6.77. The molecule has 0 aliphatic carbocycles. The van der Waals surface area contributed by atoms with Gasteiger partial charge in [-0.3, -0.25) is 0 Å². The lowest BCUT2D eigenvalue weighted by Gasteiger charge is -2.42. The Bertz CT molecular complexity index is 283. The molecule has 0 saturated heterocycles. The second-order valence-corrected chi connectivity index (χ2v) is 17.8. The summed E-state index contributed by atoms with van der Waals surface area (Å²) in [5.41, 5.74) is 1.96. The Hall–Kier alpha value is 0.314. The zero-order valence-electron chi connectivity index (χ0n) is 17.2. The highest BCUT2D eigenvalue weighted by Crippen LogP contribution is 2.42. The second kappa shape index (κ2) is 11.0. The normalized spacial score (nSPS) is 13.6. The maximum absolute atomic E-state index is 6.54. The topological polar surface area (TPSA) is 27.7 Å². The highest BCUT2D eigenvalue weighted by atomic mass is 28.4. The Morgan fingerprint density at radius 1 is 0.739 bits per heavy atom. The summed E-state index contributed by atoms with van der Waals surface area (Å²) in [6.45, 7) is 23.9. The van der Waals surface area contributed by atoms with E-state index in [1.165, 1.54) is 0 Å². The Morgan fingerprint density at radius 2 is 1.26 bits per heavy atom. The highest BCUT2D eigenvalue weighted by Gasteiger charge is 2.44. The number of ether oxygens (including phenoxy) is 1. The van der Waals surface area contributed by atoms with Crippen LogP contribution < -0.4 is 0 Å². The molecule has 23 heavy (non-hydrogen) atoms. The Labute approximate surface area is 147 Å². The van der Waals surface area contributed by atoms with Gasteiger partial charge >= 0.3 is 0 Å². The van der Waals surface area contributed by atoms with E-state index < -0.39 is 16.6 Å². The molecule has 0 saturated carbocycles. The van der Waals surface area contributed by atoms with Gasteiger partial charge < -0.3 is 13.6 Å². The van der Waals surface area contributed by atoms with Crippen molar-refractivity contribution < 1.29 is 13.6 Å². The molecule has 0 aliphatic rings. The Morgan fingerprint density at radius 3 is 1.70 bits per heavy atom. The van der Waals surface area contributed by atoms with Gasteiger partial charge in [-0.25, -0.2) is 0 Å². The van der Waals surface area contributed by atoms with Crippen molar-refractivity contribution in [3.05, 3.63) is 0 Å². The van der Waals surface area contributed by atoms with E-state index in [0.29, 0.717) is 16.6 Å². The van der Waals surface area contributed by atoms with E-state index >= 15 is 0 Å². The van der Waals surface area contributed by atoms with Crippen LogP contribution in [0.3, 0.4) is 0 Å². The van der Waals surface area contributed by atoms with Gasteiger partial charge in [0.2, 0.25) is 0 Å². The molecule has 0 fully saturated rings. The van der Waals surface area contributed by atoms with E-state index in [4.69, 9.17) is 13.6 Å². The summed E-state index contributed by atoms with van der Waals surface area (Å²) in [5, 5.41) is 0. The van der Waals surface area contributed by atoms with Gasteiger partial charge in [0, 0.05) is 26.4 Å². The van der Waals surface area contributed by atoms with Crippen molar-refractivity contribution >= 4 is 16.6 Å². The van der Waals surface area contributed by atoms with Crippen LogP contribution in [-0.2, 0) is 13.6 Å². The van der Waals surface area contributed by atoms with Crippen LogP contribution in [0.2, 0.25) is 35.8 Å². The molecule has 0 aromatic heterocycles. The number of rotatable bonds is 13. The summed E-state index contributed by atoms with van der Waals surface area (Å²) in [7, 11) is -3.20. The third-order valence-electron chi connectivity index (χ3n) is 4.88. The van der Waals surface area contributed by atoms with E-state index in [-0.39, 0.29) is 0 Å². The van der Waals surface area contributed by atoms with E-state index in [0.717, 1.165) is 38.9 Å². The van der Waals surface area contributed by atoms with Crippen LogP contribution in [0.4, 0.5) is 0 Å². The quantitative estimate of drug-likeness (QED) is 0.305. The minimum atomic E-state index is -1.71. The largest absolute Gasteiger partial charge is 0.418 e. The van der Waals surface area contributed by atoms with Crippen LogP contribution in [0.25, 0.3) is 0 Å². The lowest BCUT2D eigenvalue weighted by molar-refractivity contribution is 0.124. The summed E-state index contributed by atoms with van der Waals surface area (Å²) in [4.78, 5) is 0. The first-order chi connectivity index (χ1) is 10.6. The number of hydrogen-bond acceptors (Lipinski definition) is 3. The molecule has 0 aromatic rings. The molecular weight excluding hydrogens is 320 g/mol. The lowest BCUT2D eigenvalue weighted by atomic mass is 10.5. The molecule has 0 spiro atoms. The SMILES string of the molecule is CCO[Si](C)(C)CCOCCCO[Si](C(C)C)(C(C)C)C(C)C. The standard InChI is InChI=1S/C18H42O3Si2/c1-10-20-22(8,9)15-14-19-12-11-13-21-23(16(2)3,17(4)5)18(6)7/h16-18H,10-15H2,1-9H3. The van der Waals surface area contributed by atoms with Gasteiger partial charge in [-0.1, -0.05) is 41.5 Å². The zero-order valence-corrected chi connectivity index (χ0v) is 19.2. The summed E-state index contributed by atoms with van der Waals surface area (Å²) < 4.78 is 18.2. The molecule has 0 heterocycles. The van der Waals surface area contributed by atoms with Crippen molar-refractivity contribution in [2.24, 2.45) is 0 Å². The first-order valence-electron chi connectivity index (χ1n) is 9.45. The average molecular weight is 363 g/mol. The first kappa shape index (κ1) is 23.3. The van der Waals surface area contributed by atoms with Crippen molar-refractivity contribution in [3.63, 3.8) is 0 Å². The van der Waals surface area contributed by atoms with Gasteiger partial charge in [0.1, 0.15) is 0 Å². The molecular formula is C18H42O3Si2. The van der Waals surface area contributed by atoms with Crippen LogP contribution in [-0.4, -0.2) is 43.1 Å². The Kier molecular flexibility index (Phi) is 11.2. The summed E-state index contributed by atoms with van der Waals surface area (Å²) in [6, 6.07) is 1.07. The minimum absolute atomic E-state index is 0.654. The van der Waals surface area contributed by atoms with Gasteiger partial charge in [-0.2, -0.15) is 0 Å². The van der Waals surface area contributed by atoms with Gasteiger partial charge in [0.05, 0.1) is 0 Å². The van der Waals surface area contributed by atoms with Crippen molar-refractivity contribution in [2.75, 3.05) is 26.4 Å². The monoisotopic (exact) mass is 362 g/mol. The molecule has 0 aliphatic heterocycles. The smallest absolute Gasteiger partial charge is 0.200 e. The summed E-state index contributed by atoms with van der Waals surface area (Å²) in [6.07, 6.45) is 0.998. The third-order valence-corrected chi connectivity index (χ3v) is 13.5. The van der Waals surface area contributed by atoms with Crippen LogP contribution >= 0.6 is 0 Å². The van der Waals surface area contributed by atoms with Crippen molar-refractivity contribution in [1.82, 2.24) is 0 Å². The Balaban J connectivity index is 4.10. The summed E-state index contributed by atoms with van der Waals surface area (Å²) in [5.74, 6) is 0. The van der Waals surface area contributed by atoms with Gasteiger partial charge in [-0.05, 0) is 49.1 Å². The van der Waals surface area contributed by atoms with Crippen molar-refractivity contribution in [3.8, 4) is 0 Å². The molecule has 0 unspecified atom stereocenters. The molecule has 0 rings (SSSR count). The van der Waals surface area contributed by atoms with Crippen LogP contribution in [0.15, 0.2) is 0 Å². The van der Waals surface area contributed by atoms with E-state index in [9.17, 15) is 0 Å². The predicted octanol–water partition coefficient (Wildman–Crippen LogP) is 5.83. The molecule has 3 nitrogen and oxygen atoms in total. The lowest BCUT2D eigenvalue weighted by Crippen LogP contribution is -2.48. The molecule has 0 N–H and O–H groups in total. The van der Waals surface area contributed by atoms with Crippen molar-refractivity contribution in [1.29, 1.82) is 0 Å². The molecule has 0 bridgehead atoms. The molecule has 0 atom stereocenters. The predicted molar refractivity (Wildman–Crippen MR) is 106 cm³/mol. The van der Waals surface area contributed by atoms with Gasteiger partial charge in [-0.15, -0.1) is 0 Å². The maximum atomic E-state index is 6.54. The number of hydrogen-bond donors (Lipinski definition) is 0. The molecule has 0 amide bonds. The second-order valence-electron chi connectivity index (χ2n) is 8.07. The van der Waals surface area contributed by atoms with Crippen LogP contribution in [0, 0.1) is 0 Å². The van der Waals surface area contributed by atoms with E-state index in [1.807, 2.05) is 0 Å². The van der Waals surface area contributed by atoms with Crippen molar-refractivity contribution in [2.45, 2.75) is 90.6 Å². The first-order valence-corrected chi connectivity index (χ1v) is 14.7. The van der Waals surface area contributed by atoms with Crippen LogP contribution in [0.1, 0.15) is 54.9 Å². The zero-order chi connectivity index (χ0) is 18.1. The average Bonchev–Trinajstić information content (AvgIpc) is 2.40. The maximum Gasteiger partial charge on any atom is 0.200 e. The molecule has 5 heteroatoms. The third kappa shape index (κ3) is 7.82. The fourth-order valence-electron chi connectivity index (χ4n) is 3.79. The van der Waals surface area contributed by atoms with Crippen LogP contribution in [0.5, 0.6) is 0 Å². The molecule has 0 radical (unpaired) electrons. The summed E-state index contributed by atoms with van der Waals surface area (Å²) >= 11 is 0.